The van der Waals surface area contributed by atoms with Crippen molar-refractivity contribution in [2.24, 2.45) is 0 Å². The van der Waals surface area contributed by atoms with E-state index in [9.17, 15) is 4.79 Å². The lowest BCUT2D eigenvalue weighted by Crippen LogP contribution is -2.32. The Morgan fingerprint density at radius 3 is 2.61 bits per heavy atom. The Hall–Kier alpha value is -1.95. The number of para-hydroxylation sites is 1. The third-order valence-corrected chi connectivity index (χ3v) is 4.76. The summed E-state index contributed by atoms with van der Waals surface area (Å²) >= 11 is 6.17. The van der Waals surface area contributed by atoms with Gasteiger partial charge in [0.15, 0.2) is 11.6 Å². The predicted molar refractivity (Wildman–Crippen MR) is 109 cm³/mol. The Morgan fingerprint density at radius 2 is 1.96 bits per heavy atom. The molecular weight excluding hydrogens is 381 g/mol. The number of rotatable bonds is 11. The number of ether oxygens (including phenoxy) is 1. The molecule has 2 aromatic carbocycles. The van der Waals surface area contributed by atoms with Crippen LogP contribution >= 0.6 is 11.6 Å². The number of nitrogens with one attached hydrogen (secondary N) is 1. The van der Waals surface area contributed by atoms with Gasteiger partial charge in [0, 0.05) is 37.1 Å². The minimum atomic E-state index is -0.505. The quantitative estimate of drug-likeness (QED) is 0.521. The minimum Gasteiger partial charge on any atom is -0.453 e. The number of aliphatic hydroxyl groups is 1. The normalized spacial score (nSPS) is 13.2. The number of halogens is 2. The van der Waals surface area contributed by atoms with Crippen molar-refractivity contribution in [3.63, 3.8) is 0 Å². The Kier molecular flexibility index (Phi) is 8.90. The van der Waals surface area contributed by atoms with Gasteiger partial charge in [0.1, 0.15) is 11.5 Å². The number of ketones is 1. The summed E-state index contributed by atoms with van der Waals surface area (Å²) in [6.07, 6.45) is 1.79. The number of carbonyl (C=O) groups excluding carboxylic acids is 1. The summed E-state index contributed by atoms with van der Waals surface area (Å²) in [5.41, 5.74) is 0.451. The van der Waals surface area contributed by atoms with E-state index in [1.165, 1.54) is 0 Å². The van der Waals surface area contributed by atoms with Gasteiger partial charge in [-0.2, -0.15) is 0 Å². The number of benzene rings is 2. The average Bonchev–Trinajstić information content (AvgIpc) is 2.69. The van der Waals surface area contributed by atoms with E-state index in [2.05, 4.69) is 5.32 Å². The van der Waals surface area contributed by atoms with Gasteiger partial charge in [-0.1, -0.05) is 42.8 Å². The molecule has 4 nitrogen and oxygen atoms in total. The maximum atomic E-state index is 15.2. The minimum absolute atomic E-state index is 0.00251. The van der Waals surface area contributed by atoms with E-state index >= 15 is 4.39 Å². The van der Waals surface area contributed by atoms with Crippen LogP contribution in [0.25, 0.3) is 0 Å². The molecule has 152 valence electrons. The molecule has 0 unspecified atom stereocenters. The fourth-order valence-corrected chi connectivity index (χ4v) is 3.25. The first kappa shape index (κ1) is 22.3. The van der Waals surface area contributed by atoms with Crippen molar-refractivity contribution >= 4 is 17.4 Å². The highest BCUT2D eigenvalue weighted by atomic mass is 35.5. The van der Waals surface area contributed by atoms with Crippen LogP contribution in [0.15, 0.2) is 42.5 Å². The second kappa shape index (κ2) is 11.1. The molecular formula is C22H27ClFNO3. The number of carbonyl (C=O) groups is 1. The zero-order chi connectivity index (χ0) is 20.5. The second-order valence-corrected chi connectivity index (χ2v) is 7.20. The highest BCUT2D eigenvalue weighted by Crippen LogP contribution is 2.36. The highest BCUT2D eigenvalue weighted by Gasteiger charge is 2.22. The third kappa shape index (κ3) is 6.30. The number of hydrogen-bond donors (Lipinski definition) is 2. The lowest BCUT2D eigenvalue weighted by molar-refractivity contribution is -0.119. The summed E-state index contributed by atoms with van der Waals surface area (Å²) in [6.45, 7) is 3.85. The molecule has 0 aromatic heterocycles. The molecule has 0 amide bonds. The topological polar surface area (TPSA) is 58.6 Å². The van der Waals surface area contributed by atoms with Gasteiger partial charge in [0.25, 0.3) is 0 Å². The predicted octanol–water partition coefficient (Wildman–Crippen LogP) is 5.43. The van der Waals surface area contributed by atoms with Crippen molar-refractivity contribution < 1.29 is 19.0 Å². The second-order valence-electron chi connectivity index (χ2n) is 6.79. The van der Waals surface area contributed by atoms with Gasteiger partial charge >= 0.3 is 0 Å². The van der Waals surface area contributed by atoms with Gasteiger partial charge in [-0.25, -0.2) is 4.39 Å². The first-order chi connectivity index (χ1) is 13.5. The van der Waals surface area contributed by atoms with Crippen molar-refractivity contribution in [1.29, 1.82) is 0 Å². The van der Waals surface area contributed by atoms with E-state index in [4.69, 9.17) is 21.4 Å². The van der Waals surface area contributed by atoms with Crippen LogP contribution in [0, 0.1) is 5.82 Å². The van der Waals surface area contributed by atoms with Crippen molar-refractivity contribution in [3.8, 4) is 11.5 Å². The molecule has 0 radical (unpaired) electrons. The Bertz CT molecular complexity index is 770. The molecule has 0 saturated heterocycles. The molecule has 0 heterocycles. The van der Waals surface area contributed by atoms with E-state index in [0.29, 0.717) is 37.0 Å². The monoisotopic (exact) mass is 407 g/mol. The molecule has 2 N–H and O–H groups in total. The fourth-order valence-electron chi connectivity index (χ4n) is 3.07. The highest BCUT2D eigenvalue weighted by molar-refractivity contribution is 6.32. The van der Waals surface area contributed by atoms with Crippen LogP contribution in [0.2, 0.25) is 5.02 Å². The summed E-state index contributed by atoms with van der Waals surface area (Å²) in [5, 5.41) is 12.4. The largest absolute Gasteiger partial charge is 0.453 e. The van der Waals surface area contributed by atoms with Gasteiger partial charge in [0.2, 0.25) is 0 Å². The van der Waals surface area contributed by atoms with E-state index in [1.807, 2.05) is 19.9 Å². The standard InChI is InChI=1S/C22H27ClFNO3/c1-3-20(25-15(2)14-16(27)8-7-13-26)18-11-12-19(23)22(21(18)24)28-17-9-5-4-6-10-17/h4-6,9-12,15,20,25-26H,3,7-8,13-14H2,1-2H3/t15-,20-/m1/s1. The first-order valence-electron chi connectivity index (χ1n) is 9.55. The molecule has 0 aliphatic carbocycles. The fraction of sp³-hybridized carbons (Fsp3) is 0.409. The van der Waals surface area contributed by atoms with Crippen LogP contribution in [-0.2, 0) is 4.79 Å². The van der Waals surface area contributed by atoms with Crippen molar-refractivity contribution in [2.45, 2.75) is 51.6 Å². The maximum absolute atomic E-state index is 15.2. The van der Waals surface area contributed by atoms with Crippen molar-refractivity contribution in [1.82, 2.24) is 5.32 Å². The number of hydrogen-bond acceptors (Lipinski definition) is 4. The van der Waals surface area contributed by atoms with Crippen LogP contribution in [0.3, 0.4) is 0 Å². The van der Waals surface area contributed by atoms with Crippen LogP contribution in [0.4, 0.5) is 4.39 Å². The zero-order valence-electron chi connectivity index (χ0n) is 16.3. The van der Waals surface area contributed by atoms with Crippen LogP contribution < -0.4 is 10.1 Å². The summed E-state index contributed by atoms with van der Waals surface area (Å²) in [4.78, 5) is 11.9. The molecule has 0 aliphatic heterocycles. The Morgan fingerprint density at radius 1 is 1.25 bits per heavy atom. The summed E-state index contributed by atoms with van der Waals surface area (Å²) in [7, 11) is 0. The van der Waals surface area contributed by atoms with Gasteiger partial charge in [-0.05, 0) is 38.0 Å². The lowest BCUT2D eigenvalue weighted by Gasteiger charge is -2.24. The molecule has 0 spiro atoms. The number of Topliss-reactive ketones (excluding diaryl/α,β-unsaturated/α-hetero) is 1. The van der Waals surface area contributed by atoms with Gasteiger partial charge in [-0.15, -0.1) is 0 Å². The lowest BCUT2D eigenvalue weighted by atomic mass is 10.0. The van der Waals surface area contributed by atoms with Crippen molar-refractivity contribution in [2.75, 3.05) is 6.61 Å². The third-order valence-electron chi connectivity index (χ3n) is 4.46. The molecule has 6 heteroatoms. The molecule has 0 aliphatic rings. The SMILES string of the molecule is CC[C@@H](N[C@H](C)CC(=O)CCCO)c1ccc(Cl)c(Oc2ccccc2)c1F. The van der Waals surface area contributed by atoms with Crippen molar-refractivity contribution in [3.05, 3.63) is 58.9 Å². The summed E-state index contributed by atoms with van der Waals surface area (Å²) in [5.74, 6) is 0.0738. The molecule has 2 atom stereocenters. The Labute approximate surface area is 170 Å². The zero-order valence-corrected chi connectivity index (χ0v) is 17.0. The van der Waals surface area contributed by atoms with Gasteiger partial charge in [0.05, 0.1) is 5.02 Å². The molecule has 2 rings (SSSR count). The molecule has 2 aromatic rings. The number of aliphatic hydroxyl groups excluding tert-OH is 1. The first-order valence-corrected chi connectivity index (χ1v) is 9.93. The average molecular weight is 408 g/mol. The molecule has 0 saturated carbocycles. The van der Waals surface area contributed by atoms with Crippen LogP contribution in [-0.4, -0.2) is 23.5 Å². The molecule has 0 fully saturated rings. The van der Waals surface area contributed by atoms with Crippen LogP contribution in [0.1, 0.15) is 51.1 Å². The van der Waals surface area contributed by atoms with Gasteiger partial charge in [-0.3, -0.25) is 4.79 Å². The molecule has 0 bridgehead atoms. The molecule has 28 heavy (non-hydrogen) atoms. The summed E-state index contributed by atoms with van der Waals surface area (Å²) in [6, 6.07) is 11.8. The van der Waals surface area contributed by atoms with E-state index in [1.54, 1.807) is 36.4 Å². The van der Waals surface area contributed by atoms with Crippen LogP contribution in [0.5, 0.6) is 11.5 Å². The van der Waals surface area contributed by atoms with E-state index in [-0.39, 0.29) is 35.2 Å². The van der Waals surface area contributed by atoms with E-state index in [0.717, 1.165) is 0 Å². The smallest absolute Gasteiger partial charge is 0.181 e. The summed E-state index contributed by atoms with van der Waals surface area (Å²) < 4.78 is 20.9. The van der Waals surface area contributed by atoms with Gasteiger partial charge < -0.3 is 15.2 Å². The Balaban J connectivity index is 2.15. The maximum Gasteiger partial charge on any atom is 0.181 e. The van der Waals surface area contributed by atoms with E-state index < -0.39 is 5.82 Å².